The molecule has 1 N–H and O–H groups in total. The molecule has 0 bridgehead atoms. The molecule has 0 radical (unpaired) electrons. The van der Waals surface area contributed by atoms with E-state index in [2.05, 4.69) is 0 Å². The van der Waals surface area contributed by atoms with Crippen LogP contribution in [-0.2, 0) is 0 Å². The zero-order valence-corrected chi connectivity index (χ0v) is 9.27. The summed E-state index contributed by atoms with van der Waals surface area (Å²) in [6.45, 7) is 3.73. The third kappa shape index (κ3) is 18.1. The molecule has 0 saturated carbocycles. The summed E-state index contributed by atoms with van der Waals surface area (Å²) in [5, 5.41) is 8.36. The van der Waals surface area contributed by atoms with Crippen molar-refractivity contribution in [2.45, 2.75) is 26.4 Å². The molecule has 0 aliphatic heterocycles. The van der Waals surface area contributed by atoms with Gasteiger partial charge in [-0.25, -0.2) is 0 Å². The number of hydrogen-bond acceptors (Lipinski definition) is 1. The molecule has 0 aliphatic carbocycles. The molecular weight excluding hydrogens is 230 g/mol. The lowest BCUT2D eigenvalue weighted by atomic mass is 10.3. The predicted molar refractivity (Wildman–Crippen MR) is 52.4 cm³/mol. The van der Waals surface area contributed by atoms with Crippen molar-refractivity contribution >= 4 is 46.4 Å². The van der Waals surface area contributed by atoms with E-state index in [0.29, 0.717) is 0 Å². The van der Waals surface area contributed by atoms with Crippen LogP contribution in [0.15, 0.2) is 8.98 Å². The van der Waals surface area contributed by atoms with E-state index in [9.17, 15) is 0 Å². The monoisotopic (exact) mass is 238 g/mol. The van der Waals surface area contributed by atoms with Gasteiger partial charge < -0.3 is 5.11 Å². The van der Waals surface area contributed by atoms with E-state index < -0.39 is 0 Å². The molecule has 1 unspecified atom stereocenters. The second-order valence-electron chi connectivity index (χ2n) is 1.78. The minimum atomic E-state index is -0.116. The fraction of sp³-hybridized carbons (Fsp3) is 0.667. The van der Waals surface area contributed by atoms with E-state index >= 15 is 0 Å². The first-order valence-electron chi connectivity index (χ1n) is 2.96. The average molecular weight is 240 g/mol. The molecule has 0 aromatic heterocycles. The Bertz CT molecular complexity index is 104. The van der Waals surface area contributed by atoms with Crippen molar-refractivity contribution in [3.05, 3.63) is 8.98 Å². The predicted octanol–water partition coefficient (Wildman–Crippen LogP) is 3.85. The highest BCUT2D eigenvalue weighted by atomic mass is 35.5. The van der Waals surface area contributed by atoms with E-state index in [1.807, 2.05) is 6.92 Å². The fourth-order valence-corrected chi connectivity index (χ4v) is 0. The summed E-state index contributed by atoms with van der Waals surface area (Å²) in [6, 6.07) is 0. The second-order valence-corrected chi connectivity index (χ2v) is 3.68. The molecule has 0 fully saturated rings. The van der Waals surface area contributed by atoms with Crippen molar-refractivity contribution in [3.8, 4) is 0 Å². The van der Waals surface area contributed by atoms with E-state index in [-0.39, 0.29) is 15.1 Å². The molecule has 11 heavy (non-hydrogen) atoms. The molecule has 0 saturated heterocycles. The summed E-state index contributed by atoms with van der Waals surface area (Å²) in [7, 11) is 0. The Labute approximate surface area is 86.9 Å². The summed E-state index contributed by atoms with van der Waals surface area (Å²) in [6.07, 6.45) is 0.745. The highest BCUT2D eigenvalue weighted by Gasteiger charge is 1.88. The van der Waals surface area contributed by atoms with Gasteiger partial charge in [-0.1, -0.05) is 53.3 Å². The molecule has 0 heterocycles. The average Bonchev–Trinajstić information content (AvgIpc) is 1.89. The molecule has 1 nitrogen and oxygen atoms in total. The van der Waals surface area contributed by atoms with Crippen LogP contribution < -0.4 is 0 Å². The molecule has 0 aromatic carbocycles. The Morgan fingerprint density at radius 2 is 1.36 bits per heavy atom. The SMILES string of the molecule is CCC(C)O.ClC(Cl)=C(Cl)Cl. The lowest BCUT2D eigenvalue weighted by Crippen LogP contribution is -1.93. The van der Waals surface area contributed by atoms with Crippen LogP contribution in [0, 0.1) is 0 Å². The van der Waals surface area contributed by atoms with Crippen LogP contribution in [0.2, 0.25) is 0 Å². The molecule has 0 aliphatic rings. The van der Waals surface area contributed by atoms with Crippen LogP contribution in [0.1, 0.15) is 20.3 Å². The Hall–Kier alpha value is 0.860. The number of halogens is 4. The molecule has 0 spiro atoms. The van der Waals surface area contributed by atoms with Crippen LogP contribution >= 0.6 is 46.4 Å². The smallest absolute Gasteiger partial charge is 0.136 e. The lowest BCUT2D eigenvalue weighted by molar-refractivity contribution is 0.191. The highest BCUT2D eigenvalue weighted by molar-refractivity contribution is 6.67. The van der Waals surface area contributed by atoms with Crippen molar-refractivity contribution in [2.24, 2.45) is 0 Å². The molecule has 0 rings (SSSR count). The Morgan fingerprint density at radius 3 is 1.36 bits per heavy atom. The minimum absolute atomic E-state index is 0.0988. The Balaban J connectivity index is 0. The first kappa shape index (κ1) is 14.4. The quantitative estimate of drug-likeness (QED) is 0.737. The van der Waals surface area contributed by atoms with Crippen molar-refractivity contribution in [2.75, 3.05) is 0 Å². The molecule has 0 aromatic rings. The highest BCUT2D eigenvalue weighted by Crippen LogP contribution is 2.20. The summed E-state index contributed by atoms with van der Waals surface area (Å²) in [4.78, 5) is 0. The van der Waals surface area contributed by atoms with Crippen LogP contribution in [0.25, 0.3) is 0 Å². The van der Waals surface area contributed by atoms with E-state index in [1.54, 1.807) is 6.92 Å². The fourth-order valence-electron chi connectivity index (χ4n) is 0. The third-order valence-electron chi connectivity index (χ3n) is 0.734. The minimum Gasteiger partial charge on any atom is -0.393 e. The van der Waals surface area contributed by atoms with Crippen LogP contribution in [0.4, 0.5) is 0 Å². The van der Waals surface area contributed by atoms with Gasteiger partial charge in [-0.15, -0.1) is 0 Å². The Morgan fingerprint density at radius 1 is 1.18 bits per heavy atom. The van der Waals surface area contributed by atoms with E-state index in [0.717, 1.165) is 6.42 Å². The second kappa shape index (κ2) is 8.95. The first-order chi connectivity index (χ1) is 4.91. The van der Waals surface area contributed by atoms with Crippen LogP contribution in [0.5, 0.6) is 0 Å². The maximum absolute atomic E-state index is 8.36. The summed E-state index contributed by atoms with van der Waals surface area (Å²) < 4.78 is -0.198. The van der Waals surface area contributed by atoms with Gasteiger partial charge in [0.1, 0.15) is 8.98 Å². The maximum Gasteiger partial charge on any atom is 0.136 e. The van der Waals surface area contributed by atoms with Gasteiger partial charge in [0.25, 0.3) is 0 Å². The van der Waals surface area contributed by atoms with Crippen molar-refractivity contribution in [1.29, 1.82) is 0 Å². The standard InChI is InChI=1S/C4H10O.C2Cl4/c1-3-4(2)5;3-1(4)2(5)6/h4-5H,3H2,1-2H3;. The molecule has 68 valence electrons. The van der Waals surface area contributed by atoms with Crippen LogP contribution in [-0.4, -0.2) is 11.2 Å². The van der Waals surface area contributed by atoms with Gasteiger partial charge in [0.05, 0.1) is 6.10 Å². The largest absolute Gasteiger partial charge is 0.393 e. The van der Waals surface area contributed by atoms with Gasteiger partial charge in [0.15, 0.2) is 0 Å². The zero-order chi connectivity index (χ0) is 9.44. The molecule has 0 amide bonds. The van der Waals surface area contributed by atoms with Gasteiger partial charge in [-0.05, 0) is 13.3 Å². The van der Waals surface area contributed by atoms with Crippen molar-refractivity contribution in [1.82, 2.24) is 0 Å². The topological polar surface area (TPSA) is 20.2 Å². The first-order valence-corrected chi connectivity index (χ1v) is 4.47. The van der Waals surface area contributed by atoms with E-state index in [4.69, 9.17) is 51.5 Å². The number of aliphatic hydroxyl groups is 1. The summed E-state index contributed by atoms with van der Waals surface area (Å²) in [5.74, 6) is 0. The molecule has 1 atom stereocenters. The van der Waals surface area contributed by atoms with E-state index in [1.165, 1.54) is 0 Å². The number of rotatable bonds is 1. The van der Waals surface area contributed by atoms with Crippen LogP contribution in [0.3, 0.4) is 0 Å². The van der Waals surface area contributed by atoms with Gasteiger partial charge in [0.2, 0.25) is 0 Å². The van der Waals surface area contributed by atoms with Gasteiger partial charge in [-0.2, -0.15) is 0 Å². The number of aliphatic hydroxyl groups excluding tert-OH is 1. The summed E-state index contributed by atoms with van der Waals surface area (Å²) >= 11 is 20.0. The van der Waals surface area contributed by atoms with Crippen molar-refractivity contribution in [3.63, 3.8) is 0 Å². The zero-order valence-electron chi connectivity index (χ0n) is 6.24. The van der Waals surface area contributed by atoms with Gasteiger partial charge in [0, 0.05) is 0 Å². The maximum atomic E-state index is 8.36. The normalized spacial score (nSPS) is 11.2. The third-order valence-corrected chi connectivity index (χ3v) is 1.88. The Kier molecular flexibility index (Phi) is 11.7. The summed E-state index contributed by atoms with van der Waals surface area (Å²) in [5.41, 5.74) is 0. The van der Waals surface area contributed by atoms with Crippen molar-refractivity contribution < 1.29 is 5.11 Å². The van der Waals surface area contributed by atoms with Gasteiger partial charge in [-0.3, -0.25) is 0 Å². The lowest BCUT2D eigenvalue weighted by Gasteiger charge is -1.90. The molecular formula is C6H10Cl4O. The van der Waals surface area contributed by atoms with Gasteiger partial charge >= 0.3 is 0 Å². The number of hydrogen-bond donors (Lipinski definition) is 1. The molecule has 5 heteroatoms.